The Labute approximate surface area is 152 Å². The molecule has 2 heterocycles. The SMILES string of the molecule is CCCCC[C@@H](/C=C/[C@@H]1[C@H]2CC(O)O[C@H]2C[C@H]1C)OC1CCCCO1. The van der Waals surface area contributed by atoms with Gasteiger partial charge in [-0.15, -0.1) is 0 Å². The third-order valence-corrected chi connectivity index (χ3v) is 6.14. The number of aliphatic hydroxyl groups is 1. The number of ether oxygens (including phenoxy) is 3. The molecule has 0 aromatic carbocycles. The number of rotatable bonds is 8. The van der Waals surface area contributed by atoms with Gasteiger partial charge < -0.3 is 19.3 Å². The molecule has 1 saturated carbocycles. The minimum Gasteiger partial charge on any atom is -0.368 e. The Kier molecular flexibility index (Phi) is 7.35. The van der Waals surface area contributed by atoms with Gasteiger partial charge in [0.1, 0.15) is 0 Å². The van der Waals surface area contributed by atoms with Crippen molar-refractivity contribution in [3.63, 3.8) is 0 Å². The van der Waals surface area contributed by atoms with Gasteiger partial charge in [-0.25, -0.2) is 0 Å². The first-order chi connectivity index (χ1) is 12.2. The summed E-state index contributed by atoms with van der Waals surface area (Å²) in [5.74, 6) is 1.57. The van der Waals surface area contributed by atoms with Crippen molar-refractivity contribution in [3.05, 3.63) is 12.2 Å². The fraction of sp³-hybridized carbons (Fsp3) is 0.905. The van der Waals surface area contributed by atoms with Crippen LogP contribution in [0.2, 0.25) is 0 Å². The lowest BCUT2D eigenvalue weighted by Crippen LogP contribution is -2.27. The van der Waals surface area contributed by atoms with E-state index in [1.807, 2.05) is 0 Å². The van der Waals surface area contributed by atoms with Gasteiger partial charge in [0.2, 0.25) is 0 Å². The maximum absolute atomic E-state index is 9.79. The zero-order valence-corrected chi connectivity index (χ0v) is 15.9. The zero-order valence-electron chi connectivity index (χ0n) is 15.9. The van der Waals surface area contributed by atoms with E-state index >= 15 is 0 Å². The molecule has 7 atom stereocenters. The van der Waals surface area contributed by atoms with Gasteiger partial charge in [0.05, 0.1) is 12.2 Å². The maximum atomic E-state index is 9.79. The average Bonchev–Trinajstić information content (AvgIpc) is 3.08. The number of aliphatic hydroxyl groups excluding tert-OH is 1. The Morgan fingerprint density at radius 1 is 1.24 bits per heavy atom. The lowest BCUT2D eigenvalue weighted by Gasteiger charge is -2.27. The smallest absolute Gasteiger partial charge is 0.158 e. The summed E-state index contributed by atoms with van der Waals surface area (Å²) >= 11 is 0. The summed E-state index contributed by atoms with van der Waals surface area (Å²) in [7, 11) is 0. The van der Waals surface area contributed by atoms with Crippen LogP contribution in [0, 0.1) is 17.8 Å². The first-order valence-corrected chi connectivity index (χ1v) is 10.5. The van der Waals surface area contributed by atoms with E-state index in [0.717, 1.165) is 38.7 Å². The molecule has 0 spiro atoms. The molecule has 2 unspecified atom stereocenters. The van der Waals surface area contributed by atoms with Crippen LogP contribution in [0.4, 0.5) is 0 Å². The van der Waals surface area contributed by atoms with Gasteiger partial charge in [-0.2, -0.15) is 0 Å². The van der Waals surface area contributed by atoms with Crippen molar-refractivity contribution in [3.8, 4) is 0 Å². The Balaban J connectivity index is 1.58. The summed E-state index contributed by atoms with van der Waals surface area (Å²) < 4.78 is 17.7. The predicted octanol–water partition coefficient (Wildman–Crippen LogP) is 4.41. The third kappa shape index (κ3) is 5.29. The lowest BCUT2D eigenvalue weighted by molar-refractivity contribution is -0.179. The Morgan fingerprint density at radius 2 is 2.12 bits per heavy atom. The molecule has 3 fully saturated rings. The molecule has 25 heavy (non-hydrogen) atoms. The van der Waals surface area contributed by atoms with Crippen molar-refractivity contribution < 1.29 is 19.3 Å². The first kappa shape index (κ1) is 19.3. The van der Waals surface area contributed by atoms with E-state index in [0.29, 0.717) is 17.8 Å². The number of allylic oxidation sites excluding steroid dienone is 1. The van der Waals surface area contributed by atoms with Gasteiger partial charge in [0, 0.05) is 13.0 Å². The van der Waals surface area contributed by atoms with Gasteiger partial charge in [0.25, 0.3) is 0 Å². The first-order valence-electron chi connectivity index (χ1n) is 10.5. The van der Waals surface area contributed by atoms with Crippen LogP contribution in [0.15, 0.2) is 12.2 Å². The standard InChI is InChI=1S/C21H36O4/c1-3-4-5-8-16(24-21-9-6-7-12-23-21)10-11-17-15(2)13-19-18(17)14-20(22)25-19/h10-11,15-22H,3-9,12-14H2,1-2H3/b11-10+/t15-,16+,17+,18-,19+,20?,21?/m1/s1. The molecule has 2 aliphatic heterocycles. The number of fused-ring (bicyclic) bond motifs is 1. The molecule has 0 aromatic heterocycles. The Bertz CT molecular complexity index is 418. The van der Waals surface area contributed by atoms with E-state index in [1.54, 1.807) is 0 Å². The molecule has 0 amide bonds. The summed E-state index contributed by atoms with van der Waals surface area (Å²) in [5, 5.41) is 9.79. The zero-order chi connectivity index (χ0) is 17.6. The fourth-order valence-electron chi connectivity index (χ4n) is 4.73. The molecule has 0 bridgehead atoms. The molecule has 4 nitrogen and oxygen atoms in total. The van der Waals surface area contributed by atoms with Crippen LogP contribution in [-0.2, 0) is 14.2 Å². The van der Waals surface area contributed by atoms with Gasteiger partial charge in [-0.05, 0) is 49.9 Å². The second kappa shape index (κ2) is 9.50. The highest BCUT2D eigenvalue weighted by Crippen LogP contribution is 2.46. The van der Waals surface area contributed by atoms with Crippen LogP contribution >= 0.6 is 0 Å². The van der Waals surface area contributed by atoms with E-state index in [2.05, 4.69) is 26.0 Å². The second-order valence-electron chi connectivity index (χ2n) is 8.17. The molecule has 3 aliphatic rings. The molecule has 1 aliphatic carbocycles. The molecule has 2 saturated heterocycles. The minimum absolute atomic E-state index is 0.0320. The summed E-state index contributed by atoms with van der Waals surface area (Å²) in [4.78, 5) is 0. The number of unbranched alkanes of at least 4 members (excludes halogenated alkanes) is 2. The van der Waals surface area contributed by atoms with Crippen molar-refractivity contribution in [2.45, 2.75) is 96.4 Å². The van der Waals surface area contributed by atoms with Crippen LogP contribution in [0.1, 0.15) is 71.6 Å². The van der Waals surface area contributed by atoms with Crippen molar-refractivity contribution in [2.24, 2.45) is 17.8 Å². The van der Waals surface area contributed by atoms with Gasteiger partial charge in [-0.3, -0.25) is 0 Å². The monoisotopic (exact) mass is 352 g/mol. The highest BCUT2D eigenvalue weighted by molar-refractivity contribution is 5.05. The van der Waals surface area contributed by atoms with Crippen molar-refractivity contribution in [1.29, 1.82) is 0 Å². The topological polar surface area (TPSA) is 47.9 Å². The van der Waals surface area contributed by atoms with E-state index in [-0.39, 0.29) is 18.5 Å². The lowest BCUT2D eigenvalue weighted by atomic mass is 9.87. The maximum Gasteiger partial charge on any atom is 0.158 e. The molecule has 0 radical (unpaired) electrons. The average molecular weight is 353 g/mol. The van der Waals surface area contributed by atoms with Crippen LogP contribution in [0.5, 0.6) is 0 Å². The van der Waals surface area contributed by atoms with Crippen LogP contribution in [0.3, 0.4) is 0 Å². The number of hydrogen-bond acceptors (Lipinski definition) is 4. The van der Waals surface area contributed by atoms with Crippen LogP contribution in [-0.4, -0.2) is 36.5 Å². The van der Waals surface area contributed by atoms with Gasteiger partial charge in [0.15, 0.2) is 12.6 Å². The minimum atomic E-state index is -0.564. The van der Waals surface area contributed by atoms with Crippen molar-refractivity contribution in [2.75, 3.05) is 6.61 Å². The molecule has 1 N–H and O–H groups in total. The molecule has 144 valence electrons. The van der Waals surface area contributed by atoms with Gasteiger partial charge >= 0.3 is 0 Å². The largest absolute Gasteiger partial charge is 0.368 e. The predicted molar refractivity (Wildman–Crippen MR) is 98.0 cm³/mol. The molecule has 3 rings (SSSR count). The molecule has 0 aromatic rings. The Morgan fingerprint density at radius 3 is 2.88 bits per heavy atom. The highest BCUT2D eigenvalue weighted by Gasteiger charge is 2.46. The molecular weight excluding hydrogens is 316 g/mol. The van der Waals surface area contributed by atoms with E-state index in [9.17, 15) is 5.11 Å². The summed E-state index contributed by atoms with van der Waals surface area (Å²) in [5.41, 5.74) is 0. The van der Waals surface area contributed by atoms with E-state index in [1.165, 1.54) is 25.7 Å². The summed E-state index contributed by atoms with van der Waals surface area (Å²) in [6.07, 6.45) is 14.4. The second-order valence-corrected chi connectivity index (χ2v) is 8.17. The summed E-state index contributed by atoms with van der Waals surface area (Å²) in [6.45, 7) is 5.37. The fourth-order valence-corrected chi connectivity index (χ4v) is 4.73. The van der Waals surface area contributed by atoms with E-state index in [4.69, 9.17) is 14.2 Å². The normalized spacial score (nSPS) is 39.8. The van der Waals surface area contributed by atoms with Crippen LogP contribution < -0.4 is 0 Å². The third-order valence-electron chi connectivity index (χ3n) is 6.14. The summed E-state index contributed by atoms with van der Waals surface area (Å²) in [6, 6.07) is 0. The Hall–Kier alpha value is -0.420. The highest BCUT2D eigenvalue weighted by atomic mass is 16.7. The van der Waals surface area contributed by atoms with Crippen molar-refractivity contribution >= 4 is 0 Å². The van der Waals surface area contributed by atoms with E-state index < -0.39 is 6.29 Å². The molecular formula is C21H36O4. The quantitative estimate of drug-likeness (QED) is 0.519. The van der Waals surface area contributed by atoms with Gasteiger partial charge in [-0.1, -0.05) is 45.3 Å². The van der Waals surface area contributed by atoms with Crippen molar-refractivity contribution in [1.82, 2.24) is 0 Å². The molecule has 4 heteroatoms. The number of hydrogen-bond donors (Lipinski definition) is 1. The van der Waals surface area contributed by atoms with Crippen LogP contribution in [0.25, 0.3) is 0 Å².